The van der Waals surface area contributed by atoms with Gasteiger partial charge in [-0.3, -0.25) is 0 Å². The van der Waals surface area contributed by atoms with Crippen LogP contribution in [0.1, 0.15) is 37.5 Å². The number of nitrogens with two attached hydrogens (primary N) is 1. The second-order valence-electron chi connectivity index (χ2n) is 4.87. The smallest absolute Gasteiger partial charge is 0.226 e. The molecule has 0 saturated heterocycles. The lowest BCUT2D eigenvalue weighted by atomic mass is 10.0. The number of ether oxygens (including phenoxy) is 1. The van der Waals surface area contributed by atoms with Crippen LogP contribution in [0.4, 0.5) is 0 Å². The van der Waals surface area contributed by atoms with E-state index < -0.39 is 0 Å². The van der Waals surface area contributed by atoms with Gasteiger partial charge in [0.1, 0.15) is 5.75 Å². The Bertz CT molecular complexity index is 586. The van der Waals surface area contributed by atoms with E-state index in [0.717, 1.165) is 35.0 Å². The highest BCUT2D eigenvalue weighted by Crippen LogP contribution is 2.25. The van der Waals surface area contributed by atoms with Crippen LogP contribution in [0, 0.1) is 0 Å². The van der Waals surface area contributed by atoms with Crippen molar-refractivity contribution in [2.75, 3.05) is 0 Å². The Morgan fingerprint density at radius 1 is 1.38 bits per heavy atom. The van der Waals surface area contributed by atoms with Crippen molar-refractivity contribution in [3.8, 4) is 5.75 Å². The number of nitrogens with zero attached hydrogens (tertiary/aromatic N) is 2. The lowest BCUT2D eigenvalue weighted by Gasteiger charge is -2.14. The van der Waals surface area contributed by atoms with Gasteiger partial charge in [-0.05, 0) is 36.6 Å². The van der Waals surface area contributed by atoms with Crippen molar-refractivity contribution in [3.05, 3.63) is 40.0 Å². The van der Waals surface area contributed by atoms with Gasteiger partial charge >= 0.3 is 0 Å². The molecule has 21 heavy (non-hydrogen) atoms. The molecule has 0 fully saturated rings. The molecule has 0 bridgehead atoms. The minimum Gasteiger partial charge on any atom is -0.485 e. The molecule has 1 aromatic carbocycles. The average Bonchev–Trinajstić information content (AvgIpc) is 2.94. The third kappa shape index (κ3) is 4.54. The Morgan fingerprint density at radius 2 is 2.19 bits per heavy atom. The van der Waals surface area contributed by atoms with Crippen molar-refractivity contribution in [1.29, 1.82) is 0 Å². The van der Waals surface area contributed by atoms with Gasteiger partial charge in [-0.1, -0.05) is 34.9 Å². The fraction of sp³-hybridized carbons (Fsp3) is 0.467. The molecule has 114 valence electrons. The van der Waals surface area contributed by atoms with Crippen molar-refractivity contribution in [2.24, 2.45) is 5.73 Å². The van der Waals surface area contributed by atoms with E-state index in [9.17, 15) is 0 Å². The maximum absolute atomic E-state index is 6.04. The van der Waals surface area contributed by atoms with Crippen LogP contribution in [0.25, 0.3) is 0 Å². The van der Waals surface area contributed by atoms with E-state index in [1.165, 1.54) is 0 Å². The third-order valence-corrected chi connectivity index (χ3v) is 3.69. The van der Waals surface area contributed by atoms with E-state index in [0.29, 0.717) is 18.3 Å². The van der Waals surface area contributed by atoms with Gasteiger partial charge in [0.2, 0.25) is 11.7 Å². The van der Waals surface area contributed by atoms with Crippen LogP contribution in [-0.2, 0) is 19.4 Å². The summed E-state index contributed by atoms with van der Waals surface area (Å²) in [5.41, 5.74) is 7.12. The molecule has 0 spiro atoms. The zero-order valence-corrected chi connectivity index (χ0v) is 13.9. The zero-order chi connectivity index (χ0) is 15.2. The largest absolute Gasteiger partial charge is 0.485 e. The van der Waals surface area contributed by atoms with E-state index in [-0.39, 0.29) is 6.04 Å². The predicted octanol–water partition coefficient (Wildman–Crippen LogP) is 3.25. The molecule has 0 radical (unpaired) electrons. The lowest BCUT2D eigenvalue weighted by Crippen LogP contribution is -2.21. The van der Waals surface area contributed by atoms with Crippen molar-refractivity contribution >= 4 is 15.9 Å². The van der Waals surface area contributed by atoms with Crippen LogP contribution in [0.3, 0.4) is 0 Å². The van der Waals surface area contributed by atoms with Crippen molar-refractivity contribution < 1.29 is 9.26 Å². The Labute approximate surface area is 133 Å². The van der Waals surface area contributed by atoms with Crippen LogP contribution in [0.2, 0.25) is 0 Å². The first-order valence-electron chi connectivity index (χ1n) is 7.10. The fourth-order valence-electron chi connectivity index (χ4n) is 1.91. The van der Waals surface area contributed by atoms with Crippen LogP contribution in [0.15, 0.2) is 27.2 Å². The predicted molar refractivity (Wildman–Crippen MR) is 84.1 cm³/mol. The van der Waals surface area contributed by atoms with Crippen LogP contribution in [-0.4, -0.2) is 16.2 Å². The molecule has 1 unspecified atom stereocenters. The Morgan fingerprint density at radius 3 is 2.86 bits per heavy atom. The topological polar surface area (TPSA) is 74.2 Å². The molecule has 5 nitrogen and oxygen atoms in total. The first kappa shape index (κ1) is 16.0. The van der Waals surface area contributed by atoms with E-state index >= 15 is 0 Å². The molecule has 6 heteroatoms. The highest BCUT2D eigenvalue weighted by atomic mass is 79.9. The number of benzene rings is 1. The Balaban J connectivity index is 2.07. The molecular weight excluding hydrogens is 334 g/mol. The van der Waals surface area contributed by atoms with E-state index in [2.05, 4.69) is 33.0 Å². The monoisotopic (exact) mass is 353 g/mol. The SMILES string of the molecule is CCc1nc(COc2ccc(Br)cc2CC(N)CC)no1. The van der Waals surface area contributed by atoms with E-state index in [1.54, 1.807) is 0 Å². The summed E-state index contributed by atoms with van der Waals surface area (Å²) >= 11 is 3.48. The molecule has 0 saturated carbocycles. The highest BCUT2D eigenvalue weighted by Gasteiger charge is 2.11. The maximum Gasteiger partial charge on any atom is 0.226 e. The third-order valence-electron chi connectivity index (χ3n) is 3.20. The van der Waals surface area contributed by atoms with Crippen molar-refractivity contribution in [1.82, 2.24) is 10.1 Å². The summed E-state index contributed by atoms with van der Waals surface area (Å²) in [5, 5.41) is 3.88. The van der Waals surface area contributed by atoms with Gasteiger partial charge in [0.05, 0.1) is 0 Å². The minimum absolute atomic E-state index is 0.124. The van der Waals surface area contributed by atoms with Gasteiger partial charge in [-0.2, -0.15) is 4.98 Å². The fourth-order valence-corrected chi connectivity index (χ4v) is 2.32. The molecule has 1 aromatic heterocycles. The number of halogens is 1. The lowest BCUT2D eigenvalue weighted by molar-refractivity contribution is 0.282. The Kier molecular flexibility index (Phi) is 5.76. The first-order chi connectivity index (χ1) is 10.1. The average molecular weight is 354 g/mol. The van der Waals surface area contributed by atoms with Crippen LogP contribution < -0.4 is 10.5 Å². The molecular formula is C15H20BrN3O2. The van der Waals surface area contributed by atoms with Gasteiger partial charge in [0.15, 0.2) is 6.61 Å². The number of hydrogen-bond donors (Lipinski definition) is 1. The van der Waals surface area contributed by atoms with Crippen molar-refractivity contribution in [3.63, 3.8) is 0 Å². The summed E-state index contributed by atoms with van der Waals surface area (Å²) in [7, 11) is 0. The summed E-state index contributed by atoms with van der Waals surface area (Å²) < 4.78 is 11.9. The molecule has 0 aliphatic heterocycles. The number of aromatic nitrogens is 2. The normalized spacial score (nSPS) is 12.4. The zero-order valence-electron chi connectivity index (χ0n) is 12.3. The van der Waals surface area contributed by atoms with Crippen molar-refractivity contribution in [2.45, 2.75) is 45.8 Å². The molecule has 0 aliphatic carbocycles. The number of aryl methyl sites for hydroxylation is 1. The number of rotatable bonds is 7. The van der Waals surface area contributed by atoms with E-state index in [1.807, 2.05) is 25.1 Å². The molecule has 2 aromatic rings. The van der Waals surface area contributed by atoms with Gasteiger partial charge in [-0.25, -0.2) is 0 Å². The van der Waals surface area contributed by atoms with E-state index in [4.69, 9.17) is 15.0 Å². The van der Waals surface area contributed by atoms with Gasteiger partial charge < -0.3 is 15.0 Å². The Hall–Kier alpha value is -1.40. The molecule has 1 atom stereocenters. The van der Waals surface area contributed by atoms with Gasteiger partial charge in [-0.15, -0.1) is 0 Å². The van der Waals surface area contributed by atoms with Gasteiger partial charge in [0, 0.05) is 16.9 Å². The minimum atomic E-state index is 0.124. The second-order valence-corrected chi connectivity index (χ2v) is 5.79. The second kappa shape index (κ2) is 7.56. The molecule has 0 amide bonds. The van der Waals surface area contributed by atoms with Crippen LogP contribution >= 0.6 is 15.9 Å². The standard InChI is InChI=1S/C15H20BrN3O2/c1-3-12(17)8-10-7-11(16)5-6-13(10)20-9-14-18-15(4-2)21-19-14/h5-7,12H,3-4,8-9,17H2,1-2H3. The summed E-state index contributed by atoms with van der Waals surface area (Å²) in [5.74, 6) is 1.99. The van der Waals surface area contributed by atoms with Crippen LogP contribution in [0.5, 0.6) is 5.75 Å². The summed E-state index contributed by atoms with van der Waals surface area (Å²) in [4.78, 5) is 4.23. The maximum atomic E-state index is 6.04. The summed E-state index contributed by atoms with van der Waals surface area (Å²) in [6.07, 6.45) is 2.43. The molecule has 0 aliphatic rings. The first-order valence-corrected chi connectivity index (χ1v) is 7.90. The molecule has 1 heterocycles. The summed E-state index contributed by atoms with van der Waals surface area (Å²) in [6, 6.07) is 6.05. The number of hydrogen-bond acceptors (Lipinski definition) is 5. The summed E-state index contributed by atoms with van der Waals surface area (Å²) in [6.45, 7) is 4.34. The van der Waals surface area contributed by atoms with Gasteiger partial charge in [0.25, 0.3) is 0 Å². The quantitative estimate of drug-likeness (QED) is 0.826. The molecule has 2 N–H and O–H groups in total. The highest BCUT2D eigenvalue weighted by molar-refractivity contribution is 9.10. The molecule has 2 rings (SSSR count).